The Bertz CT molecular complexity index is 209. The summed E-state index contributed by atoms with van der Waals surface area (Å²) in [5.74, 6) is 0.171. The lowest BCUT2D eigenvalue weighted by atomic mass is 10.0. The van der Waals surface area contributed by atoms with E-state index in [9.17, 15) is 4.79 Å². The zero-order chi connectivity index (χ0) is 12.7. The Labute approximate surface area is 98.8 Å². The second kappa shape index (κ2) is 7.63. The number of nitrogens with one attached hydrogen (secondary N) is 2. The van der Waals surface area contributed by atoms with Gasteiger partial charge in [0.1, 0.15) is 0 Å². The molecule has 4 heteroatoms. The molecule has 0 fully saturated rings. The summed E-state index contributed by atoms with van der Waals surface area (Å²) < 4.78 is 0. The largest absolute Gasteiger partial charge is 0.396 e. The van der Waals surface area contributed by atoms with Gasteiger partial charge in [-0.05, 0) is 33.1 Å². The Kier molecular flexibility index (Phi) is 7.34. The van der Waals surface area contributed by atoms with Gasteiger partial charge in [0.25, 0.3) is 0 Å². The van der Waals surface area contributed by atoms with Crippen LogP contribution in [0.2, 0.25) is 0 Å². The SMILES string of the molecule is CCC(C)NC(=O)C(C)NC(C)C(C)CO. The van der Waals surface area contributed by atoms with Crippen molar-refractivity contribution >= 4 is 5.91 Å². The highest BCUT2D eigenvalue weighted by Crippen LogP contribution is 2.02. The lowest BCUT2D eigenvalue weighted by molar-refractivity contribution is -0.123. The van der Waals surface area contributed by atoms with Crippen molar-refractivity contribution in [1.82, 2.24) is 10.6 Å². The molecule has 4 nitrogen and oxygen atoms in total. The number of carbonyl (C=O) groups excluding carboxylic acids is 1. The van der Waals surface area contributed by atoms with E-state index in [0.717, 1.165) is 6.42 Å². The normalized spacial score (nSPS) is 18.6. The smallest absolute Gasteiger partial charge is 0.237 e. The predicted octanol–water partition coefficient (Wildman–Crippen LogP) is 0.896. The van der Waals surface area contributed by atoms with Crippen LogP contribution in [0.4, 0.5) is 0 Å². The Balaban J connectivity index is 4.04. The highest BCUT2D eigenvalue weighted by atomic mass is 16.3. The fourth-order valence-electron chi connectivity index (χ4n) is 1.26. The molecule has 1 amide bonds. The van der Waals surface area contributed by atoms with Crippen molar-refractivity contribution in [2.24, 2.45) is 5.92 Å². The fourth-order valence-corrected chi connectivity index (χ4v) is 1.26. The number of rotatable bonds is 7. The van der Waals surface area contributed by atoms with Gasteiger partial charge < -0.3 is 15.7 Å². The van der Waals surface area contributed by atoms with E-state index < -0.39 is 0 Å². The minimum absolute atomic E-state index is 0.0198. The van der Waals surface area contributed by atoms with Gasteiger partial charge in [-0.3, -0.25) is 4.79 Å². The fraction of sp³-hybridized carbons (Fsp3) is 0.917. The lowest BCUT2D eigenvalue weighted by Crippen LogP contribution is -2.49. The molecular formula is C12H26N2O2. The number of amides is 1. The number of aliphatic hydroxyl groups excluding tert-OH is 1. The summed E-state index contributed by atoms with van der Waals surface area (Å²) in [5.41, 5.74) is 0. The first kappa shape index (κ1) is 15.4. The van der Waals surface area contributed by atoms with E-state index in [0.29, 0.717) is 0 Å². The van der Waals surface area contributed by atoms with Crippen LogP contribution in [-0.2, 0) is 4.79 Å². The third kappa shape index (κ3) is 5.47. The molecular weight excluding hydrogens is 204 g/mol. The summed E-state index contributed by atoms with van der Waals surface area (Å²) in [5, 5.41) is 15.1. The lowest BCUT2D eigenvalue weighted by Gasteiger charge is -2.24. The number of hydrogen-bond acceptors (Lipinski definition) is 3. The van der Waals surface area contributed by atoms with E-state index in [1.807, 2.05) is 34.6 Å². The van der Waals surface area contributed by atoms with Crippen LogP contribution in [0.3, 0.4) is 0 Å². The quantitative estimate of drug-likeness (QED) is 0.609. The van der Waals surface area contributed by atoms with Gasteiger partial charge in [-0.15, -0.1) is 0 Å². The third-order valence-electron chi connectivity index (χ3n) is 3.05. The Morgan fingerprint density at radius 1 is 1.25 bits per heavy atom. The Morgan fingerprint density at radius 2 is 1.81 bits per heavy atom. The van der Waals surface area contributed by atoms with E-state index in [1.165, 1.54) is 0 Å². The molecule has 0 aromatic rings. The monoisotopic (exact) mass is 230 g/mol. The van der Waals surface area contributed by atoms with Gasteiger partial charge in [0.05, 0.1) is 6.04 Å². The molecule has 4 atom stereocenters. The molecule has 0 spiro atoms. The van der Waals surface area contributed by atoms with Gasteiger partial charge in [0.2, 0.25) is 5.91 Å². The summed E-state index contributed by atoms with van der Waals surface area (Å²) in [6.07, 6.45) is 0.932. The van der Waals surface area contributed by atoms with Crippen LogP contribution in [0.25, 0.3) is 0 Å². The zero-order valence-electron chi connectivity index (χ0n) is 11.1. The molecule has 0 aliphatic heterocycles. The maximum Gasteiger partial charge on any atom is 0.237 e. The maximum atomic E-state index is 11.7. The molecule has 0 aliphatic rings. The summed E-state index contributed by atoms with van der Waals surface area (Å²) in [4.78, 5) is 11.7. The zero-order valence-corrected chi connectivity index (χ0v) is 11.1. The predicted molar refractivity (Wildman–Crippen MR) is 66.2 cm³/mol. The Morgan fingerprint density at radius 3 is 2.25 bits per heavy atom. The van der Waals surface area contributed by atoms with E-state index >= 15 is 0 Å². The summed E-state index contributed by atoms with van der Waals surface area (Å²) in [6, 6.07) is 0.114. The highest BCUT2D eigenvalue weighted by molar-refractivity contribution is 5.81. The molecule has 0 rings (SSSR count). The van der Waals surface area contributed by atoms with E-state index in [1.54, 1.807) is 0 Å². The second-order valence-electron chi connectivity index (χ2n) is 4.65. The van der Waals surface area contributed by atoms with Crippen LogP contribution in [0, 0.1) is 5.92 Å². The highest BCUT2D eigenvalue weighted by Gasteiger charge is 2.19. The molecule has 0 saturated carbocycles. The van der Waals surface area contributed by atoms with Crippen molar-refractivity contribution in [1.29, 1.82) is 0 Å². The van der Waals surface area contributed by atoms with Crippen molar-refractivity contribution in [2.75, 3.05) is 6.61 Å². The molecule has 96 valence electrons. The first-order valence-electron chi connectivity index (χ1n) is 6.09. The molecule has 16 heavy (non-hydrogen) atoms. The summed E-state index contributed by atoms with van der Waals surface area (Å²) in [7, 11) is 0. The standard InChI is InChI=1S/C12H26N2O2/c1-6-9(3)13-12(16)11(5)14-10(4)8(2)7-15/h8-11,14-15H,6-7H2,1-5H3,(H,13,16). The number of carbonyl (C=O) groups is 1. The van der Waals surface area contributed by atoms with E-state index in [2.05, 4.69) is 10.6 Å². The summed E-state index contributed by atoms with van der Waals surface area (Å²) in [6.45, 7) is 9.95. The van der Waals surface area contributed by atoms with E-state index in [-0.39, 0.29) is 36.6 Å². The molecule has 0 aromatic carbocycles. The van der Waals surface area contributed by atoms with Gasteiger partial charge in [-0.1, -0.05) is 13.8 Å². The average Bonchev–Trinajstić information content (AvgIpc) is 2.27. The topological polar surface area (TPSA) is 61.4 Å². The van der Waals surface area contributed by atoms with Crippen LogP contribution in [0.1, 0.15) is 41.0 Å². The van der Waals surface area contributed by atoms with Crippen LogP contribution < -0.4 is 10.6 Å². The second-order valence-corrected chi connectivity index (χ2v) is 4.65. The molecule has 3 N–H and O–H groups in total. The molecule has 0 heterocycles. The van der Waals surface area contributed by atoms with Gasteiger partial charge in [-0.25, -0.2) is 0 Å². The van der Waals surface area contributed by atoms with Crippen molar-refractivity contribution in [3.05, 3.63) is 0 Å². The molecule has 0 radical (unpaired) electrons. The first-order valence-corrected chi connectivity index (χ1v) is 6.09. The molecule has 0 aromatic heterocycles. The third-order valence-corrected chi connectivity index (χ3v) is 3.05. The Hall–Kier alpha value is -0.610. The van der Waals surface area contributed by atoms with Gasteiger partial charge in [0, 0.05) is 18.7 Å². The van der Waals surface area contributed by atoms with E-state index in [4.69, 9.17) is 5.11 Å². The number of aliphatic hydroxyl groups is 1. The van der Waals surface area contributed by atoms with Crippen LogP contribution in [0.5, 0.6) is 0 Å². The molecule has 0 saturated heterocycles. The van der Waals surface area contributed by atoms with Crippen LogP contribution in [0.15, 0.2) is 0 Å². The van der Waals surface area contributed by atoms with Crippen molar-refractivity contribution in [3.63, 3.8) is 0 Å². The first-order chi connectivity index (χ1) is 7.42. The maximum absolute atomic E-state index is 11.7. The molecule has 0 aliphatic carbocycles. The van der Waals surface area contributed by atoms with Gasteiger partial charge in [-0.2, -0.15) is 0 Å². The van der Waals surface area contributed by atoms with Crippen LogP contribution >= 0.6 is 0 Å². The minimum atomic E-state index is -0.224. The molecule has 0 bridgehead atoms. The van der Waals surface area contributed by atoms with Crippen molar-refractivity contribution < 1.29 is 9.90 Å². The van der Waals surface area contributed by atoms with Crippen molar-refractivity contribution in [3.8, 4) is 0 Å². The number of hydrogen-bond donors (Lipinski definition) is 3. The van der Waals surface area contributed by atoms with Crippen molar-refractivity contribution in [2.45, 2.75) is 59.2 Å². The summed E-state index contributed by atoms with van der Waals surface area (Å²) >= 11 is 0. The van der Waals surface area contributed by atoms with Gasteiger partial charge >= 0.3 is 0 Å². The van der Waals surface area contributed by atoms with Crippen LogP contribution in [-0.4, -0.2) is 35.7 Å². The average molecular weight is 230 g/mol. The minimum Gasteiger partial charge on any atom is -0.396 e. The molecule has 4 unspecified atom stereocenters. The van der Waals surface area contributed by atoms with Gasteiger partial charge in [0.15, 0.2) is 0 Å².